The van der Waals surface area contributed by atoms with Crippen LogP contribution in [0.25, 0.3) is 0 Å². The first kappa shape index (κ1) is 15.4. The van der Waals surface area contributed by atoms with Crippen LogP contribution < -0.4 is 0 Å². The fourth-order valence-electron chi connectivity index (χ4n) is 3.03. The number of carbonyl (C=O) groups excluding carboxylic acids is 1. The minimum Gasteiger partial charge on any atom is -0.211 e. The Morgan fingerprint density at radius 3 is 2.11 bits per heavy atom. The van der Waals surface area contributed by atoms with E-state index < -0.39 is 0 Å². The molecule has 0 N–H and O–H groups in total. The van der Waals surface area contributed by atoms with Crippen LogP contribution in [0.1, 0.15) is 83.5 Å². The van der Waals surface area contributed by atoms with Crippen LogP contribution in [0.5, 0.6) is 0 Å². The monoisotopic (exact) mass is 251 g/mol. The van der Waals surface area contributed by atoms with Gasteiger partial charge in [0.15, 0.2) is 0 Å². The highest BCUT2D eigenvalue weighted by atomic mass is 16.1. The van der Waals surface area contributed by atoms with Gasteiger partial charge in [-0.15, -0.1) is 0 Å². The van der Waals surface area contributed by atoms with Gasteiger partial charge in [0.1, 0.15) is 0 Å². The molecule has 2 heteroatoms. The fourth-order valence-corrected chi connectivity index (χ4v) is 3.03. The lowest BCUT2D eigenvalue weighted by molar-refractivity contribution is 0.328. The van der Waals surface area contributed by atoms with E-state index in [0.717, 1.165) is 12.3 Å². The lowest BCUT2D eigenvalue weighted by atomic mass is 9.85. The van der Waals surface area contributed by atoms with E-state index in [2.05, 4.69) is 4.99 Å². The number of hydrogen-bond acceptors (Lipinski definition) is 2. The van der Waals surface area contributed by atoms with Gasteiger partial charge in [0.05, 0.1) is 6.54 Å². The summed E-state index contributed by atoms with van der Waals surface area (Å²) < 4.78 is 0. The smallest absolute Gasteiger partial charge is 0.211 e. The van der Waals surface area contributed by atoms with Crippen molar-refractivity contribution in [2.24, 2.45) is 10.9 Å². The molecule has 104 valence electrons. The number of hydrogen-bond donors (Lipinski definition) is 0. The van der Waals surface area contributed by atoms with Crippen molar-refractivity contribution in [3.8, 4) is 0 Å². The zero-order valence-corrected chi connectivity index (χ0v) is 11.8. The highest BCUT2D eigenvalue weighted by molar-refractivity contribution is 5.32. The van der Waals surface area contributed by atoms with Gasteiger partial charge in [-0.1, -0.05) is 77.0 Å². The van der Waals surface area contributed by atoms with Crippen molar-refractivity contribution < 1.29 is 4.79 Å². The second-order valence-corrected chi connectivity index (χ2v) is 5.74. The molecule has 1 fully saturated rings. The van der Waals surface area contributed by atoms with Gasteiger partial charge < -0.3 is 0 Å². The van der Waals surface area contributed by atoms with Gasteiger partial charge in [0, 0.05) is 0 Å². The molecule has 18 heavy (non-hydrogen) atoms. The molecule has 0 unspecified atom stereocenters. The normalized spacial score (nSPS) is 16.4. The molecule has 1 rings (SSSR count). The zero-order chi connectivity index (χ0) is 12.9. The Bertz CT molecular complexity index is 227. The third-order valence-electron chi connectivity index (χ3n) is 4.17. The first-order valence-electron chi connectivity index (χ1n) is 7.97. The minimum atomic E-state index is 0.672. The summed E-state index contributed by atoms with van der Waals surface area (Å²) in [4.78, 5) is 13.4. The number of rotatable bonds is 10. The van der Waals surface area contributed by atoms with E-state index in [1.807, 2.05) is 0 Å². The average molecular weight is 251 g/mol. The van der Waals surface area contributed by atoms with Crippen molar-refractivity contribution in [3.63, 3.8) is 0 Å². The molecule has 0 spiro atoms. The average Bonchev–Trinajstić information content (AvgIpc) is 2.42. The van der Waals surface area contributed by atoms with Crippen LogP contribution in [0.3, 0.4) is 0 Å². The van der Waals surface area contributed by atoms with E-state index in [9.17, 15) is 4.79 Å². The van der Waals surface area contributed by atoms with Crippen LogP contribution in [0.15, 0.2) is 4.99 Å². The summed E-state index contributed by atoms with van der Waals surface area (Å²) in [5, 5.41) is 0. The van der Waals surface area contributed by atoms with Crippen molar-refractivity contribution in [1.29, 1.82) is 0 Å². The van der Waals surface area contributed by atoms with E-state index in [4.69, 9.17) is 0 Å². The molecule has 0 aromatic carbocycles. The molecule has 0 heterocycles. The predicted octanol–water partition coefficient (Wildman–Crippen LogP) is 5.02. The standard InChI is InChI=1S/C16H29NO/c18-15-17-14-10-5-3-1-2-4-7-11-16-12-8-6-9-13-16/h16H,1-14H2. The van der Waals surface area contributed by atoms with Crippen LogP contribution in [0.2, 0.25) is 0 Å². The van der Waals surface area contributed by atoms with E-state index in [1.165, 1.54) is 77.0 Å². The van der Waals surface area contributed by atoms with Crippen molar-refractivity contribution in [2.75, 3.05) is 6.54 Å². The molecule has 1 aliphatic carbocycles. The fraction of sp³-hybridized carbons (Fsp3) is 0.938. The van der Waals surface area contributed by atoms with Gasteiger partial charge in [-0.25, -0.2) is 9.79 Å². The Labute approximate surface area is 112 Å². The predicted molar refractivity (Wildman–Crippen MR) is 76.5 cm³/mol. The highest BCUT2D eigenvalue weighted by Gasteiger charge is 2.12. The maximum Gasteiger partial charge on any atom is 0.234 e. The summed E-state index contributed by atoms with van der Waals surface area (Å²) in [5.74, 6) is 1.06. The Balaban J connectivity index is 1.76. The van der Waals surface area contributed by atoms with E-state index in [-0.39, 0.29) is 0 Å². The topological polar surface area (TPSA) is 29.4 Å². The summed E-state index contributed by atoms with van der Waals surface area (Å²) in [7, 11) is 0. The molecule has 0 bridgehead atoms. The summed E-state index contributed by atoms with van der Waals surface area (Å²) >= 11 is 0. The van der Waals surface area contributed by atoms with E-state index in [1.54, 1.807) is 6.08 Å². The second kappa shape index (κ2) is 11.5. The maximum atomic E-state index is 9.85. The minimum absolute atomic E-state index is 0.672. The third-order valence-corrected chi connectivity index (χ3v) is 4.17. The Hall–Kier alpha value is -0.620. The highest BCUT2D eigenvalue weighted by Crippen LogP contribution is 2.28. The maximum absolute atomic E-state index is 9.85. The Kier molecular flexibility index (Phi) is 9.84. The largest absolute Gasteiger partial charge is 0.234 e. The molecule has 1 saturated carbocycles. The molecule has 0 aromatic heterocycles. The molecule has 1 aliphatic rings. The molecule has 0 atom stereocenters. The molecule has 0 aromatic rings. The first-order valence-corrected chi connectivity index (χ1v) is 7.97. The lowest BCUT2D eigenvalue weighted by Crippen LogP contribution is -2.05. The van der Waals surface area contributed by atoms with Gasteiger partial charge in [-0.05, 0) is 12.3 Å². The lowest BCUT2D eigenvalue weighted by Gasteiger charge is -2.21. The summed E-state index contributed by atoms with van der Waals surface area (Å²) in [6.07, 6.45) is 19.7. The number of isocyanates is 1. The zero-order valence-electron chi connectivity index (χ0n) is 11.8. The van der Waals surface area contributed by atoms with E-state index in [0.29, 0.717) is 6.54 Å². The van der Waals surface area contributed by atoms with Crippen molar-refractivity contribution >= 4 is 6.08 Å². The van der Waals surface area contributed by atoms with Gasteiger partial charge in [-0.3, -0.25) is 0 Å². The third kappa shape index (κ3) is 8.47. The summed E-state index contributed by atoms with van der Waals surface area (Å²) in [5.41, 5.74) is 0. The molecule has 0 aliphatic heterocycles. The summed E-state index contributed by atoms with van der Waals surface area (Å²) in [6, 6.07) is 0. The van der Waals surface area contributed by atoms with Gasteiger partial charge in [0.25, 0.3) is 0 Å². The van der Waals surface area contributed by atoms with Gasteiger partial charge in [-0.2, -0.15) is 0 Å². The molecule has 0 radical (unpaired) electrons. The number of nitrogens with zero attached hydrogens (tertiary/aromatic N) is 1. The SMILES string of the molecule is O=C=NCCCCCCCCCC1CCCCC1. The van der Waals surface area contributed by atoms with Gasteiger partial charge in [0.2, 0.25) is 6.08 Å². The van der Waals surface area contributed by atoms with Crippen molar-refractivity contribution in [3.05, 3.63) is 0 Å². The molecule has 0 amide bonds. The van der Waals surface area contributed by atoms with Crippen LogP contribution in [-0.4, -0.2) is 12.6 Å². The molecular formula is C16H29NO. The van der Waals surface area contributed by atoms with Crippen LogP contribution in [-0.2, 0) is 4.79 Å². The van der Waals surface area contributed by atoms with Crippen LogP contribution >= 0.6 is 0 Å². The number of aliphatic imine (C=N–C) groups is 1. The second-order valence-electron chi connectivity index (χ2n) is 5.74. The Morgan fingerprint density at radius 2 is 1.44 bits per heavy atom. The quantitative estimate of drug-likeness (QED) is 0.304. The van der Waals surface area contributed by atoms with E-state index >= 15 is 0 Å². The van der Waals surface area contributed by atoms with Crippen LogP contribution in [0.4, 0.5) is 0 Å². The van der Waals surface area contributed by atoms with Crippen molar-refractivity contribution in [1.82, 2.24) is 0 Å². The Morgan fingerprint density at radius 1 is 0.833 bits per heavy atom. The van der Waals surface area contributed by atoms with Crippen LogP contribution in [0, 0.1) is 5.92 Å². The first-order chi connectivity index (χ1) is 8.93. The van der Waals surface area contributed by atoms with Gasteiger partial charge >= 0.3 is 0 Å². The summed E-state index contributed by atoms with van der Waals surface area (Å²) in [6.45, 7) is 0.672. The molecule has 2 nitrogen and oxygen atoms in total. The number of unbranched alkanes of at least 4 members (excludes halogenated alkanes) is 6. The molecule has 0 saturated heterocycles. The van der Waals surface area contributed by atoms with Crippen molar-refractivity contribution in [2.45, 2.75) is 83.5 Å². The molecular weight excluding hydrogens is 222 g/mol.